The molecule has 0 spiro atoms. The smallest absolute Gasteiger partial charge is 0.337 e. The third-order valence-electron chi connectivity index (χ3n) is 2.52. The first-order chi connectivity index (χ1) is 8.76. The molecule has 0 amide bonds. The van der Waals surface area contributed by atoms with Crippen molar-refractivity contribution >= 4 is 17.5 Å². The van der Waals surface area contributed by atoms with Crippen LogP contribution in [-0.4, -0.2) is 18.9 Å². The van der Waals surface area contributed by atoms with Crippen molar-refractivity contribution in [2.75, 3.05) is 12.0 Å². The number of aliphatic imine (C=N–C) groups is 1. The Morgan fingerprint density at radius 3 is 2.68 bits per heavy atom. The molecule has 97 valence electrons. The highest BCUT2D eigenvalue weighted by atomic mass is 35.5. The van der Waals surface area contributed by atoms with Gasteiger partial charge in [0, 0.05) is 0 Å². The van der Waals surface area contributed by atoms with Gasteiger partial charge in [-0.15, -0.1) is 0 Å². The van der Waals surface area contributed by atoms with Crippen LogP contribution >= 0.6 is 0 Å². The Morgan fingerprint density at radius 2 is 2.11 bits per heavy atom. The summed E-state index contributed by atoms with van der Waals surface area (Å²) < 4.78 is 4.63. The van der Waals surface area contributed by atoms with Gasteiger partial charge in [0.2, 0.25) is 0 Å². The molecule has 1 aromatic rings. The number of benzene rings is 1. The molecular formula is C13H11ClN3O2. The van der Waals surface area contributed by atoms with Gasteiger partial charge in [0.05, 0.1) is 18.7 Å². The average molecular weight is 277 g/mol. The average Bonchev–Trinajstić information content (AvgIpc) is 2.87. The molecule has 1 aliphatic heterocycles. The van der Waals surface area contributed by atoms with E-state index >= 15 is 0 Å². The summed E-state index contributed by atoms with van der Waals surface area (Å²) in [6.07, 6.45) is 3.66. The van der Waals surface area contributed by atoms with E-state index in [0.29, 0.717) is 11.4 Å². The maximum atomic E-state index is 11.3. The molecule has 0 saturated heterocycles. The lowest BCUT2D eigenvalue weighted by molar-refractivity contribution is -0.0000186. The monoisotopic (exact) mass is 276 g/mol. The zero-order chi connectivity index (χ0) is 13.0. The summed E-state index contributed by atoms with van der Waals surface area (Å²) in [5.41, 5.74) is 1.34. The molecule has 0 aliphatic carbocycles. The fourth-order valence-corrected chi connectivity index (χ4v) is 1.65. The zero-order valence-electron chi connectivity index (χ0n) is 10.2. The maximum Gasteiger partial charge on any atom is 0.337 e. The highest BCUT2D eigenvalue weighted by Gasteiger charge is 2.25. The van der Waals surface area contributed by atoms with Gasteiger partial charge in [-0.25, -0.2) is 4.79 Å². The number of amidine groups is 1. The van der Waals surface area contributed by atoms with Crippen molar-refractivity contribution in [3.8, 4) is 6.07 Å². The number of nitrogens with zero attached hydrogens (tertiary/aromatic N) is 3. The number of rotatable bonds is 3. The number of ether oxygens (including phenoxy) is 1. The Hall–Kier alpha value is -2.32. The van der Waals surface area contributed by atoms with Crippen LogP contribution in [0.5, 0.6) is 0 Å². The van der Waals surface area contributed by atoms with Gasteiger partial charge in [-0.1, -0.05) is 0 Å². The van der Waals surface area contributed by atoms with E-state index in [9.17, 15) is 4.79 Å². The van der Waals surface area contributed by atoms with E-state index in [-0.39, 0.29) is 24.8 Å². The van der Waals surface area contributed by atoms with Gasteiger partial charge < -0.3 is 17.1 Å². The van der Waals surface area contributed by atoms with Crippen molar-refractivity contribution in [1.82, 2.24) is 4.99 Å². The third kappa shape index (κ3) is 3.12. The maximum absolute atomic E-state index is 11.3. The molecule has 0 atom stereocenters. The number of esters is 1. The number of hydrogen-bond donors (Lipinski definition) is 0. The second-order valence-electron chi connectivity index (χ2n) is 3.59. The number of methoxy groups -OCH3 is 1. The summed E-state index contributed by atoms with van der Waals surface area (Å²) in [7, 11) is 1.34. The van der Waals surface area contributed by atoms with Crippen molar-refractivity contribution in [3.63, 3.8) is 0 Å². The lowest BCUT2D eigenvalue weighted by atomic mass is 10.2. The summed E-state index contributed by atoms with van der Waals surface area (Å²) >= 11 is 0. The summed E-state index contributed by atoms with van der Waals surface area (Å²) in [6.45, 7) is 0. The second kappa shape index (κ2) is 6.57. The molecule has 0 N–H and O–H groups in total. The Balaban J connectivity index is 0.00000180. The molecule has 19 heavy (non-hydrogen) atoms. The van der Waals surface area contributed by atoms with Gasteiger partial charge in [-0.3, -0.25) is 0 Å². The molecule has 1 aromatic carbocycles. The standard InChI is InChI=1S/C13H11N3O2.ClH/c1-18-13(17)10-2-4-11(5-3-10)16-9-8-15-12(16)6-7-14;/h2-5,8-9H,6H2,1H3;1H/q+1;/p-1. The molecule has 5 nitrogen and oxygen atoms in total. The predicted molar refractivity (Wildman–Crippen MR) is 66.8 cm³/mol. The molecule has 0 unspecified atom stereocenters. The van der Waals surface area contributed by atoms with Crippen LogP contribution in [0, 0.1) is 11.3 Å². The van der Waals surface area contributed by atoms with Crippen LogP contribution < -0.4 is 22.3 Å². The Labute approximate surface area is 117 Å². The first-order valence-corrected chi connectivity index (χ1v) is 5.34. The van der Waals surface area contributed by atoms with Crippen LogP contribution in [0.15, 0.2) is 36.7 Å². The second-order valence-corrected chi connectivity index (χ2v) is 3.59. The summed E-state index contributed by atoms with van der Waals surface area (Å²) in [5.74, 6) is 0.299. The Kier molecular flexibility index (Phi) is 5.10. The summed E-state index contributed by atoms with van der Waals surface area (Å²) in [4.78, 5) is 17.2. The quantitative estimate of drug-likeness (QED) is 0.625. The molecule has 0 bridgehead atoms. The molecule has 0 saturated carbocycles. The number of anilines is 1. The van der Waals surface area contributed by atoms with Crippen molar-refractivity contribution in [2.45, 2.75) is 6.42 Å². The van der Waals surface area contributed by atoms with Gasteiger partial charge in [0.1, 0.15) is 18.3 Å². The Morgan fingerprint density at radius 1 is 1.42 bits per heavy atom. The topological polar surface area (TPSA) is 67.4 Å². The fourth-order valence-electron chi connectivity index (χ4n) is 1.65. The van der Waals surface area contributed by atoms with Gasteiger partial charge in [-0.2, -0.15) is 10.2 Å². The zero-order valence-corrected chi connectivity index (χ0v) is 11.0. The van der Waals surface area contributed by atoms with Crippen LogP contribution in [0.25, 0.3) is 0 Å². The van der Waals surface area contributed by atoms with E-state index in [2.05, 4.69) is 15.8 Å². The lowest BCUT2D eigenvalue weighted by Gasteiger charge is -2.08. The minimum absolute atomic E-state index is 0. The van der Waals surface area contributed by atoms with Crippen molar-refractivity contribution in [2.24, 2.45) is 0 Å². The van der Waals surface area contributed by atoms with Crippen LogP contribution in [0.1, 0.15) is 16.8 Å². The predicted octanol–water partition coefficient (Wildman–Crippen LogP) is -1.58. The highest BCUT2D eigenvalue weighted by Crippen LogP contribution is 2.18. The molecule has 0 aromatic heterocycles. The van der Waals surface area contributed by atoms with E-state index < -0.39 is 0 Å². The normalized spacial score (nSPS) is 12.4. The van der Waals surface area contributed by atoms with Crippen LogP contribution in [0.2, 0.25) is 0 Å². The van der Waals surface area contributed by atoms with E-state index in [1.54, 1.807) is 36.7 Å². The number of carbonyl (C=O) groups is 1. The Bertz CT molecular complexity index is 558. The lowest BCUT2D eigenvalue weighted by Crippen LogP contribution is -3.00. The molecule has 1 aliphatic rings. The molecule has 2 rings (SSSR count). The van der Waals surface area contributed by atoms with Gasteiger partial charge in [-0.05, 0) is 29.3 Å². The largest absolute Gasteiger partial charge is 1.00 e. The minimum Gasteiger partial charge on any atom is -1.00 e. The first-order valence-electron chi connectivity index (χ1n) is 5.34. The molecular weight excluding hydrogens is 266 g/mol. The number of carbonyl (C=O) groups excluding carboxylic acids is 1. The number of nitriles is 1. The number of hydrogen-bond acceptors (Lipinski definition) is 5. The van der Waals surface area contributed by atoms with E-state index in [1.807, 2.05) is 4.90 Å². The fraction of sp³-hybridized carbons (Fsp3) is 0.154. The SMILES string of the molecule is COC(=O)c1ccc(N2C=C[N+]=C2CC#N)cc1.[Cl-]. The third-order valence-corrected chi connectivity index (χ3v) is 2.52. The van der Waals surface area contributed by atoms with Crippen molar-refractivity contribution in [3.05, 3.63) is 42.2 Å². The van der Waals surface area contributed by atoms with Gasteiger partial charge in [0.15, 0.2) is 6.20 Å². The van der Waals surface area contributed by atoms with Gasteiger partial charge >= 0.3 is 11.8 Å². The van der Waals surface area contributed by atoms with E-state index in [1.165, 1.54) is 7.11 Å². The molecule has 6 heteroatoms. The summed E-state index contributed by atoms with van der Waals surface area (Å²) in [5, 5.41) is 8.69. The molecule has 1 radical (unpaired) electrons. The molecule has 0 fully saturated rings. The van der Waals surface area contributed by atoms with Crippen LogP contribution in [0.4, 0.5) is 5.69 Å². The van der Waals surface area contributed by atoms with Crippen LogP contribution in [0.3, 0.4) is 0 Å². The van der Waals surface area contributed by atoms with E-state index in [0.717, 1.165) is 5.69 Å². The highest BCUT2D eigenvalue weighted by molar-refractivity contribution is 6.02. The first kappa shape index (κ1) is 14.7. The van der Waals surface area contributed by atoms with Crippen molar-refractivity contribution in [1.29, 1.82) is 5.26 Å². The van der Waals surface area contributed by atoms with Crippen LogP contribution in [-0.2, 0) is 4.74 Å². The number of halogens is 1. The molecule has 1 heterocycles. The van der Waals surface area contributed by atoms with Crippen molar-refractivity contribution < 1.29 is 21.9 Å². The van der Waals surface area contributed by atoms with E-state index in [4.69, 9.17) is 5.26 Å². The minimum atomic E-state index is -0.371. The summed E-state index contributed by atoms with van der Waals surface area (Å²) in [6, 6.07) is 8.99. The van der Waals surface area contributed by atoms with Gasteiger partial charge in [0.25, 0.3) is 0 Å².